The van der Waals surface area contributed by atoms with Crippen molar-refractivity contribution in [3.63, 3.8) is 0 Å². The van der Waals surface area contributed by atoms with Crippen molar-refractivity contribution in [1.29, 1.82) is 0 Å². The maximum Gasteiger partial charge on any atom is 0.418 e. The Labute approximate surface area is 190 Å². The molecule has 0 radical (unpaired) electrons. The van der Waals surface area contributed by atoms with Gasteiger partial charge in [-0.05, 0) is 60.6 Å². The van der Waals surface area contributed by atoms with Crippen molar-refractivity contribution in [1.82, 2.24) is 9.97 Å². The van der Waals surface area contributed by atoms with Crippen LogP contribution in [-0.2, 0) is 12.4 Å². The number of H-pyrrole nitrogens is 1. The Hall–Kier alpha value is -2.81. The smallest absolute Gasteiger partial charge is 0.338 e. The van der Waals surface area contributed by atoms with Crippen molar-refractivity contribution in [2.45, 2.75) is 31.6 Å². The molecule has 0 aliphatic heterocycles. The summed E-state index contributed by atoms with van der Waals surface area (Å²) in [6.45, 7) is 0. The Morgan fingerprint density at radius 3 is 2.30 bits per heavy atom. The normalized spacial score (nSPS) is 17.3. The van der Waals surface area contributed by atoms with Crippen LogP contribution in [0.1, 0.15) is 36.2 Å². The molecule has 33 heavy (non-hydrogen) atoms. The van der Waals surface area contributed by atoms with Crippen LogP contribution in [0.5, 0.6) is 0 Å². The molecule has 10 heteroatoms. The van der Waals surface area contributed by atoms with Gasteiger partial charge in [-0.1, -0.05) is 30.4 Å². The minimum absolute atomic E-state index is 0. The molecule has 0 bridgehead atoms. The molecule has 1 heterocycles. The Morgan fingerprint density at radius 1 is 0.970 bits per heavy atom. The van der Waals surface area contributed by atoms with Crippen LogP contribution in [0.3, 0.4) is 0 Å². The SMILES string of the molecule is Cl.FC1=CCC(C=Cc2nc3c(C(F)(F)F)cc(-c4ccccc4C(F)(F)F)cc3[nH]2)CC1. The van der Waals surface area contributed by atoms with Gasteiger partial charge in [0.1, 0.15) is 11.3 Å². The molecule has 1 N–H and O–H groups in total. The number of aromatic amines is 1. The summed E-state index contributed by atoms with van der Waals surface area (Å²) in [4.78, 5) is 6.77. The highest BCUT2D eigenvalue weighted by Gasteiger charge is 2.37. The second-order valence-electron chi connectivity index (χ2n) is 7.63. The average Bonchev–Trinajstić information content (AvgIpc) is 3.14. The van der Waals surface area contributed by atoms with Crippen LogP contribution in [0.4, 0.5) is 30.7 Å². The first-order chi connectivity index (χ1) is 15.0. The van der Waals surface area contributed by atoms with Crippen molar-refractivity contribution >= 4 is 29.5 Å². The third kappa shape index (κ3) is 5.40. The van der Waals surface area contributed by atoms with Crippen LogP contribution in [0.25, 0.3) is 28.2 Å². The Bertz CT molecular complexity index is 1210. The molecule has 0 amide bonds. The van der Waals surface area contributed by atoms with Crippen LogP contribution < -0.4 is 0 Å². The summed E-state index contributed by atoms with van der Waals surface area (Å²) < 4.78 is 94.6. The highest BCUT2D eigenvalue weighted by molar-refractivity contribution is 5.87. The Balaban J connectivity index is 0.00000306. The molecular formula is C23H18ClF7N2. The standard InChI is InChI=1S/C23H17F7N2.ClH/c24-15-8-5-13(6-9-15)7-10-20-31-19-12-14(11-18(21(19)32-20)23(28,29)30)16-3-1-2-4-17(16)22(25,26)27;/h1-4,7-8,10-13H,5-6,9H2,(H,31,32);1H. The van der Waals surface area contributed by atoms with E-state index < -0.39 is 23.5 Å². The van der Waals surface area contributed by atoms with Gasteiger partial charge in [-0.2, -0.15) is 26.3 Å². The summed E-state index contributed by atoms with van der Waals surface area (Å²) in [5.41, 5.74) is -3.12. The number of allylic oxidation sites excluding steroid dienone is 3. The Morgan fingerprint density at radius 2 is 1.67 bits per heavy atom. The average molecular weight is 491 g/mol. The number of nitrogens with zero attached hydrogens (tertiary/aromatic N) is 1. The number of alkyl halides is 6. The minimum Gasteiger partial charge on any atom is -0.338 e. The van der Waals surface area contributed by atoms with Crippen molar-refractivity contribution in [3.8, 4) is 11.1 Å². The first-order valence-corrected chi connectivity index (χ1v) is 9.82. The third-order valence-electron chi connectivity index (χ3n) is 5.38. The van der Waals surface area contributed by atoms with Gasteiger partial charge >= 0.3 is 12.4 Å². The van der Waals surface area contributed by atoms with E-state index in [1.165, 1.54) is 30.4 Å². The number of hydrogen-bond acceptors (Lipinski definition) is 1. The van der Waals surface area contributed by atoms with Crippen LogP contribution in [0, 0.1) is 5.92 Å². The summed E-state index contributed by atoms with van der Waals surface area (Å²) in [5.74, 6) is -0.0133. The fourth-order valence-corrected chi connectivity index (χ4v) is 3.79. The number of hydrogen-bond donors (Lipinski definition) is 1. The quantitative estimate of drug-likeness (QED) is 0.367. The zero-order chi connectivity index (χ0) is 23.1. The summed E-state index contributed by atoms with van der Waals surface area (Å²) in [6.07, 6.45) is -3.44. The highest BCUT2D eigenvalue weighted by Crippen LogP contribution is 2.41. The van der Waals surface area contributed by atoms with Gasteiger partial charge in [0.05, 0.1) is 22.5 Å². The number of imidazole rings is 1. The van der Waals surface area contributed by atoms with E-state index in [9.17, 15) is 30.7 Å². The summed E-state index contributed by atoms with van der Waals surface area (Å²) in [6, 6.07) is 6.41. The van der Waals surface area contributed by atoms with Gasteiger partial charge in [0.2, 0.25) is 0 Å². The van der Waals surface area contributed by atoms with E-state index in [1.807, 2.05) is 0 Å². The monoisotopic (exact) mass is 490 g/mol. The molecule has 3 aromatic rings. The predicted octanol–water partition coefficient (Wildman–Crippen LogP) is 8.36. The molecule has 176 valence electrons. The lowest BCUT2D eigenvalue weighted by Crippen LogP contribution is -2.09. The molecule has 4 rings (SSSR count). The molecule has 2 nitrogen and oxygen atoms in total. The topological polar surface area (TPSA) is 28.7 Å². The maximum absolute atomic E-state index is 13.7. The van der Waals surface area contributed by atoms with E-state index in [1.54, 1.807) is 6.08 Å². The molecule has 1 aromatic heterocycles. The summed E-state index contributed by atoms with van der Waals surface area (Å²) in [7, 11) is 0. The number of halogens is 8. The zero-order valence-corrected chi connectivity index (χ0v) is 17.7. The second kappa shape index (κ2) is 9.21. The van der Waals surface area contributed by atoms with Gasteiger partial charge < -0.3 is 4.98 Å². The number of nitrogens with one attached hydrogen (secondary N) is 1. The van der Waals surface area contributed by atoms with Gasteiger partial charge in [-0.3, -0.25) is 0 Å². The maximum atomic E-state index is 13.7. The van der Waals surface area contributed by atoms with Crippen LogP contribution >= 0.6 is 12.4 Å². The van der Waals surface area contributed by atoms with E-state index >= 15 is 0 Å². The zero-order valence-electron chi connectivity index (χ0n) is 16.9. The van der Waals surface area contributed by atoms with Gasteiger partial charge in [0.25, 0.3) is 0 Å². The van der Waals surface area contributed by atoms with Crippen LogP contribution in [0.2, 0.25) is 0 Å². The molecule has 1 aliphatic carbocycles. The van der Waals surface area contributed by atoms with Crippen molar-refractivity contribution in [2.24, 2.45) is 5.92 Å². The lowest BCUT2D eigenvalue weighted by molar-refractivity contribution is -0.137. The van der Waals surface area contributed by atoms with E-state index in [0.717, 1.165) is 12.1 Å². The van der Waals surface area contributed by atoms with Crippen LogP contribution in [-0.4, -0.2) is 9.97 Å². The first-order valence-electron chi connectivity index (χ1n) is 9.82. The molecule has 1 aliphatic rings. The molecule has 2 aromatic carbocycles. The molecule has 0 spiro atoms. The van der Waals surface area contributed by atoms with Crippen molar-refractivity contribution < 1.29 is 30.7 Å². The van der Waals surface area contributed by atoms with Gasteiger partial charge in [0, 0.05) is 0 Å². The molecule has 0 saturated heterocycles. The largest absolute Gasteiger partial charge is 0.418 e. The van der Waals surface area contributed by atoms with E-state index in [-0.39, 0.29) is 52.1 Å². The van der Waals surface area contributed by atoms with Crippen LogP contribution in [0.15, 0.2) is 54.4 Å². The van der Waals surface area contributed by atoms with E-state index in [2.05, 4.69) is 9.97 Å². The van der Waals surface area contributed by atoms with Crippen molar-refractivity contribution in [2.75, 3.05) is 0 Å². The van der Waals surface area contributed by atoms with E-state index in [0.29, 0.717) is 25.3 Å². The minimum atomic E-state index is -4.82. The molecule has 0 fully saturated rings. The second-order valence-corrected chi connectivity index (χ2v) is 7.63. The van der Waals surface area contributed by atoms with Crippen molar-refractivity contribution in [3.05, 3.63) is 71.3 Å². The summed E-state index contributed by atoms with van der Waals surface area (Å²) in [5, 5.41) is 0. The third-order valence-corrected chi connectivity index (χ3v) is 5.38. The lowest BCUT2D eigenvalue weighted by atomic mass is 9.93. The van der Waals surface area contributed by atoms with Gasteiger partial charge in [0.15, 0.2) is 0 Å². The molecule has 1 unspecified atom stereocenters. The number of rotatable bonds is 3. The molecule has 1 atom stereocenters. The Kier molecular flexibility index (Phi) is 6.93. The fourth-order valence-electron chi connectivity index (χ4n) is 3.79. The number of fused-ring (bicyclic) bond motifs is 1. The number of aromatic nitrogens is 2. The molecular weight excluding hydrogens is 473 g/mol. The number of benzene rings is 2. The highest BCUT2D eigenvalue weighted by atomic mass is 35.5. The van der Waals surface area contributed by atoms with Gasteiger partial charge in [-0.25, -0.2) is 9.37 Å². The predicted molar refractivity (Wildman–Crippen MR) is 114 cm³/mol. The van der Waals surface area contributed by atoms with E-state index in [4.69, 9.17) is 0 Å². The van der Waals surface area contributed by atoms with Gasteiger partial charge in [-0.15, -0.1) is 12.4 Å². The summed E-state index contributed by atoms with van der Waals surface area (Å²) >= 11 is 0. The fraction of sp³-hybridized carbons (Fsp3) is 0.261. The molecule has 0 saturated carbocycles. The first kappa shape index (κ1) is 24.8. The lowest BCUT2D eigenvalue weighted by Gasteiger charge is -2.15.